The third-order valence-corrected chi connectivity index (χ3v) is 6.22. The van der Waals surface area contributed by atoms with Gasteiger partial charge in [0.1, 0.15) is 4.21 Å². The van der Waals surface area contributed by atoms with Gasteiger partial charge in [0.15, 0.2) is 0 Å². The second-order valence-electron chi connectivity index (χ2n) is 5.82. The molecule has 0 aliphatic carbocycles. The van der Waals surface area contributed by atoms with Crippen molar-refractivity contribution >= 4 is 21.4 Å². The van der Waals surface area contributed by atoms with Crippen LogP contribution < -0.4 is 4.72 Å². The predicted molar refractivity (Wildman–Crippen MR) is 83.4 cm³/mol. The molecule has 0 unspecified atom stereocenters. The highest BCUT2D eigenvalue weighted by Gasteiger charge is 2.23. The number of unbranched alkanes of at least 4 members (excludes halogenated alkanes) is 2. The zero-order chi connectivity index (χ0) is 15.2. The van der Waals surface area contributed by atoms with E-state index in [-0.39, 0.29) is 16.2 Å². The van der Waals surface area contributed by atoms with E-state index >= 15 is 0 Å². The molecule has 0 fully saturated rings. The number of thiophene rings is 1. The number of sulfonamides is 1. The van der Waals surface area contributed by atoms with Gasteiger partial charge in [0.25, 0.3) is 0 Å². The molecule has 0 radical (unpaired) electrons. The van der Waals surface area contributed by atoms with E-state index in [2.05, 4.69) is 25.5 Å². The van der Waals surface area contributed by atoms with Gasteiger partial charge in [-0.1, -0.05) is 40.0 Å². The molecule has 0 atom stereocenters. The Labute approximate surface area is 126 Å². The molecule has 116 valence electrons. The van der Waals surface area contributed by atoms with Crippen LogP contribution in [0.5, 0.6) is 0 Å². The van der Waals surface area contributed by atoms with Gasteiger partial charge in [-0.3, -0.25) is 0 Å². The average molecular weight is 319 g/mol. The Morgan fingerprint density at radius 3 is 2.55 bits per heavy atom. The first kappa shape index (κ1) is 17.6. The molecule has 0 aromatic carbocycles. The van der Waals surface area contributed by atoms with Gasteiger partial charge in [0, 0.05) is 11.4 Å². The van der Waals surface area contributed by atoms with Crippen LogP contribution in [0, 0.1) is 5.41 Å². The summed E-state index contributed by atoms with van der Waals surface area (Å²) in [5.41, 5.74) is -0.0424. The van der Waals surface area contributed by atoms with E-state index in [1.807, 2.05) is 0 Å². The molecule has 2 N–H and O–H groups in total. The first-order valence-corrected chi connectivity index (χ1v) is 9.30. The number of hydrogen-bond acceptors (Lipinski definition) is 4. The lowest BCUT2D eigenvalue weighted by Crippen LogP contribution is -2.33. The first-order chi connectivity index (χ1) is 9.30. The number of aliphatic hydroxyl groups excluding tert-OH is 1. The van der Waals surface area contributed by atoms with Gasteiger partial charge in [-0.05, 0) is 24.0 Å². The molecule has 20 heavy (non-hydrogen) atoms. The zero-order valence-electron chi connectivity index (χ0n) is 12.5. The summed E-state index contributed by atoms with van der Waals surface area (Å²) in [6.07, 6.45) is 4.48. The molecule has 0 saturated carbocycles. The highest BCUT2D eigenvalue weighted by atomic mass is 32.2. The molecule has 1 aromatic heterocycles. The molecule has 0 amide bonds. The van der Waals surface area contributed by atoms with E-state index in [4.69, 9.17) is 5.11 Å². The van der Waals surface area contributed by atoms with Crippen LogP contribution >= 0.6 is 11.3 Å². The summed E-state index contributed by atoms with van der Waals surface area (Å²) >= 11 is 1.11. The molecule has 0 aliphatic heterocycles. The molecule has 1 heterocycles. The lowest BCUT2D eigenvalue weighted by molar-refractivity contribution is 0.285. The summed E-state index contributed by atoms with van der Waals surface area (Å²) in [4.78, 5) is 0.660. The lowest BCUT2D eigenvalue weighted by Gasteiger charge is -2.24. The van der Waals surface area contributed by atoms with Crippen molar-refractivity contribution in [1.82, 2.24) is 4.72 Å². The Morgan fingerprint density at radius 1 is 1.30 bits per heavy atom. The molecule has 0 aliphatic rings. The first-order valence-electron chi connectivity index (χ1n) is 7.00. The van der Waals surface area contributed by atoms with Gasteiger partial charge >= 0.3 is 0 Å². The molecule has 1 aromatic rings. The van der Waals surface area contributed by atoms with Gasteiger partial charge in [-0.25, -0.2) is 13.1 Å². The number of aliphatic hydroxyl groups is 1. The van der Waals surface area contributed by atoms with Crippen LogP contribution in [-0.4, -0.2) is 20.1 Å². The van der Waals surface area contributed by atoms with Crippen LogP contribution in [-0.2, 0) is 16.6 Å². The minimum Gasteiger partial charge on any atom is -0.391 e. The van der Waals surface area contributed by atoms with Crippen LogP contribution in [0.2, 0.25) is 0 Å². The second-order valence-corrected chi connectivity index (χ2v) is 8.99. The van der Waals surface area contributed by atoms with Crippen molar-refractivity contribution < 1.29 is 13.5 Å². The Kier molecular flexibility index (Phi) is 6.64. The van der Waals surface area contributed by atoms with Crippen molar-refractivity contribution in [2.24, 2.45) is 5.41 Å². The Morgan fingerprint density at radius 2 is 2.00 bits per heavy atom. The van der Waals surface area contributed by atoms with Crippen LogP contribution in [0.1, 0.15) is 51.3 Å². The molecule has 0 spiro atoms. The van der Waals surface area contributed by atoms with Crippen molar-refractivity contribution in [3.8, 4) is 0 Å². The van der Waals surface area contributed by atoms with Crippen molar-refractivity contribution in [3.05, 3.63) is 17.0 Å². The highest BCUT2D eigenvalue weighted by Crippen LogP contribution is 2.25. The fourth-order valence-corrected chi connectivity index (χ4v) is 4.39. The fourth-order valence-electron chi connectivity index (χ4n) is 1.89. The molecule has 0 bridgehead atoms. The molecular formula is C14H25NO3S2. The summed E-state index contributed by atoms with van der Waals surface area (Å²) in [6, 6.07) is 3.19. The molecule has 0 saturated heterocycles. The highest BCUT2D eigenvalue weighted by molar-refractivity contribution is 7.91. The quantitative estimate of drug-likeness (QED) is 0.687. The minimum atomic E-state index is -3.46. The second kappa shape index (κ2) is 7.54. The van der Waals surface area contributed by atoms with Crippen molar-refractivity contribution in [2.45, 2.75) is 57.3 Å². The molecule has 1 rings (SSSR count). The standard InChI is InChI=1S/C14H25NO3S2/c1-4-5-6-9-14(2,3)11-15-20(17,18)13-8-7-12(10-16)19-13/h7-8,15-16H,4-6,9-11H2,1-3H3. The van der Waals surface area contributed by atoms with E-state index < -0.39 is 10.0 Å². The van der Waals surface area contributed by atoms with Crippen molar-refractivity contribution in [1.29, 1.82) is 0 Å². The largest absolute Gasteiger partial charge is 0.391 e. The minimum absolute atomic E-state index is 0.0424. The average Bonchev–Trinajstić information content (AvgIpc) is 2.86. The monoisotopic (exact) mass is 319 g/mol. The fraction of sp³-hybridized carbons (Fsp3) is 0.714. The third kappa shape index (κ3) is 5.52. The molecule has 6 heteroatoms. The van der Waals surface area contributed by atoms with Crippen molar-refractivity contribution in [2.75, 3.05) is 6.54 Å². The maximum atomic E-state index is 12.2. The number of rotatable bonds is 9. The topological polar surface area (TPSA) is 66.4 Å². The molecule has 4 nitrogen and oxygen atoms in total. The van der Waals surface area contributed by atoms with E-state index in [1.165, 1.54) is 12.8 Å². The summed E-state index contributed by atoms with van der Waals surface area (Å²) in [6.45, 7) is 6.64. The van der Waals surface area contributed by atoms with Gasteiger partial charge in [0.2, 0.25) is 10.0 Å². The van der Waals surface area contributed by atoms with Crippen LogP contribution in [0.4, 0.5) is 0 Å². The van der Waals surface area contributed by atoms with Crippen LogP contribution in [0.3, 0.4) is 0 Å². The maximum absolute atomic E-state index is 12.2. The smallest absolute Gasteiger partial charge is 0.250 e. The van der Waals surface area contributed by atoms with Gasteiger partial charge in [-0.2, -0.15) is 0 Å². The lowest BCUT2D eigenvalue weighted by atomic mass is 9.87. The normalized spacial score (nSPS) is 12.8. The molecular weight excluding hydrogens is 294 g/mol. The number of hydrogen-bond donors (Lipinski definition) is 2. The summed E-state index contributed by atoms with van der Waals surface area (Å²) in [7, 11) is -3.46. The Bertz CT molecular complexity index is 506. The maximum Gasteiger partial charge on any atom is 0.250 e. The third-order valence-electron chi connectivity index (χ3n) is 3.26. The summed E-state index contributed by atoms with van der Waals surface area (Å²) in [5.74, 6) is 0. The predicted octanol–water partition coefficient (Wildman–Crippen LogP) is 3.13. The van der Waals surface area contributed by atoms with Gasteiger partial charge in [-0.15, -0.1) is 11.3 Å². The van der Waals surface area contributed by atoms with E-state index in [9.17, 15) is 8.42 Å². The summed E-state index contributed by atoms with van der Waals surface area (Å²) < 4.78 is 27.3. The van der Waals surface area contributed by atoms with Gasteiger partial charge < -0.3 is 5.11 Å². The van der Waals surface area contributed by atoms with E-state index in [0.29, 0.717) is 11.4 Å². The van der Waals surface area contributed by atoms with Crippen LogP contribution in [0.15, 0.2) is 16.3 Å². The van der Waals surface area contributed by atoms with E-state index in [1.54, 1.807) is 12.1 Å². The zero-order valence-corrected chi connectivity index (χ0v) is 14.1. The van der Waals surface area contributed by atoms with Crippen molar-refractivity contribution in [3.63, 3.8) is 0 Å². The van der Waals surface area contributed by atoms with Gasteiger partial charge in [0.05, 0.1) is 6.61 Å². The Balaban J connectivity index is 2.58. The Hall–Kier alpha value is -0.430. The number of nitrogens with one attached hydrogen (secondary N) is 1. The SMILES string of the molecule is CCCCCC(C)(C)CNS(=O)(=O)c1ccc(CO)s1. The van der Waals surface area contributed by atoms with Crippen LogP contribution in [0.25, 0.3) is 0 Å². The van der Waals surface area contributed by atoms with E-state index in [0.717, 1.165) is 24.2 Å². The summed E-state index contributed by atoms with van der Waals surface area (Å²) in [5, 5.41) is 8.99.